The Kier molecular flexibility index (Phi) is 6.09. The van der Waals surface area contributed by atoms with Gasteiger partial charge in [-0.25, -0.2) is 0 Å². The molecule has 0 atom stereocenters. The van der Waals surface area contributed by atoms with Crippen molar-refractivity contribution in [2.24, 2.45) is 11.5 Å². The molecule has 0 heterocycles. The molecule has 158 valence electrons. The Balaban J connectivity index is 2.14. The van der Waals surface area contributed by atoms with E-state index in [0.717, 1.165) is 48.5 Å². The van der Waals surface area contributed by atoms with E-state index in [0.29, 0.717) is 0 Å². The van der Waals surface area contributed by atoms with E-state index in [-0.39, 0.29) is 22.5 Å². The number of nitrogens with one attached hydrogen (secondary N) is 2. The maximum Gasteiger partial charge on any atom is 0.396 e. The molecule has 0 aromatic heterocycles. The molecule has 0 aliphatic rings. The van der Waals surface area contributed by atoms with Gasteiger partial charge in [0.15, 0.2) is 0 Å². The number of alkyl halides is 4. The highest BCUT2D eigenvalue weighted by Gasteiger charge is 2.67. The van der Waals surface area contributed by atoms with Crippen LogP contribution in [0.3, 0.4) is 0 Å². The molecule has 0 saturated heterocycles. The van der Waals surface area contributed by atoms with E-state index in [1.807, 2.05) is 0 Å². The van der Waals surface area contributed by atoms with Crippen LogP contribution in [0.1, 0.15) is 20.7 Å². The highest BCUT2D eigenvalue weighted by molar-refractivity contribution is 6.05. The van der Waals surface area contributed by atoms with Gasteiger partial charge < -0.3 is 22.1 Å². The maximum atomic E-state index is 14.1. The number of primary amides is 2. The van der Waals surface area contributed by atoms with Crippen molar-refractivity contribution in [2.45, 2.75) is 11.8 Å². The lowest BCUT2D eigenvalue weighted by Gasteiger charge is -2.24. The van der Waals surface area contributed by atoms with Crippen LogP contribution in [0.4, 0.5) is 28.9 Å². The minimum absolute atomic E-state index is 0.00757. The van der Waals surface area contributed by atoms with Crippen molar-refractivity contribution < 1.29 is 36.7 Å². The van der Waals surface area contributed by atoms with Crippen molar-refractivity contribution in [1.82, 2.24) is 0 Å². The molecule has 0 radical (unpaired) electrons. The zero-order valence-corrected chi connectivity index (χ0v) is 14.9. The predicted octanol–water partition coefficient (Wildman–Crippen LogP) is 1.73. The quantitative estimate of drug-likeness (QED) is 0.500. The topological polar surface area (TPSA) is 144 Å². The molecule has 30 heavy (non-hydrogen) atoms. The van der Waals surface area contributed by atoms with E-state index in [4.69, 9.17) is 11.5 Å². The predicted molar refractivity (Wildman–Crippen MR) is 97.1 cm³/mol. The molecule has 2 aromatic rings. The van der Waals surface area contributed by atoms with E-state index >= 15 is 0 Å². The van der Waals surface area contributed by atoms with E-state index in [1.54, 1.807) is 10.6 Å². The fourth-order valence-corrected chi connectivity index (χ4v) is 2.14. The number of benzene rings is 2. The number of hydrogen-bond acceptors (Lipinski definition) is 4. The van der Waals surface area contributed by atoms with Crippen LogP contribution in [0.15, 0.2) is 48.5 Å². The smallest absolute Gasteiger partial charge is 0.366 e. The molecule has 6 N–H and O–H groups in total. The zero-order chi connectivity index (χ0) is 22.7. The van der Waals surface area contributed by atoms with E-state index < -0.39 is 35.5 Å². The van der Waals surface area contributed by atoms with Crippen molar-refractivity contribution in [2.75, 3.05) is 10.6 Å². The first-order chi connectivity index (χ1) is 13.9. The first-order valence-corrected chi connectivity index (χ1v) is 8.04. The third-order valence-corrected chi connectivity index (χ3v) is 3.82. The summed E-state index contributed by atoms with van der Waals surface area (Å²) >= 11 is 0. The summed E-state index contributed by atoms with van der Waals surface area (Å²) in [5.74, 6) is -17.4. The number of hydrogen-bond donors (Lipinski definition) is 4. The minimum atomic E-state index is -5.42. The second-order valence-electron chi connectivity index (χ2n) is 5.94. The Labute approximate surface area is 166 Å². The summed E-state index contributed by atoms with van der Waals surface area (Å²) in [7, 11) is 0. The van der Waals surface area contributed by atoms with Crippen LogP contribution in [0.25, 0.3) is 0 Å². The minimum Gasteiger partial charge on any atom is -0.366 e. The summed E-state index contributed by atoms with van der Waals surface area (Å²) in [5.41, 5.74) is 9.32. The average Bonchev–Trinajstić information content (AvgIpc) is 2.68. The van der Waals surface area contributed by atoms with Crippen LogP contribution in [0.2, 0.25) is 0 Å². The van der Waals surface area contributed by atoms with Gasteiger partial charge in [-0.2, -0.15) is 17.6 Å². The van der Waals surface area contributed by atoms with Crippen LogP contribution in [0, 0.1) is 0 Å². The zero-order valence-electron chi connectivity index (χ0n) is 14.9. The lowest BCUT2D eigenvalue weighted by molar-refractivity contribution is -0.204. The number of halogens is 4. The lowest BCUT2D eigenvalue weighted by Crippen LogP contribution is -2.56. The van der Waals surface area contributed by atoms with Crippen molar-refractivity contribution in [1.29, 1.82) is 0 Å². The van der Waals surface area contributed by atoms with Crippen molar-refractivity contribution in [3.63, 3.8) is 0 Å². The molecule has 2 aromatic carbocycles. The Morgan fingerprint density at radius 3 is 1.10 bits per heavy atom. The van der Waals surface area contributed by atoms with E-state index in [2.05, 4.69) is 0 Å². The second-order valence-corrected chi connectivity index (χ2v) is 5.94. The molecule has 2 rings (SSSR count). The van der Waals surface area contributed by atoms with Gasteiger partial charge >= 0.3 is 23.7 Å². The van der Waals surface area contributed by atoms with Crippen LogP contribution >= 0.6 is 0 Å². The summed E-state index contributed by atoms with van der Waals surface area (Å²) < 4.78 is 56.2. The molecule has 8 nitrogen and oxygen atoms in total. The van der Waals surface area contributed by atoms with Crippen molar-refractivity contribution in [3.8, 4) is 0 Å². The Morgan fingerprint density at radius 1 is 0.600 bits per heavy atom. The van der Waals surface area contributed by atoms with Gasteiger partial charge in [0, 0.05) is 22.5 Å². The van der Waals surface area contributed by atoms with Crippen LogP contribution in [-0.4, -0.2) is 35.5 Å². The molecule has 12 heteroatoms. The second kappa shape index (κ2) is 8.19. The standard InChI is InChI=1S/C18H14F4N4O4/c19-17(20,15(29)25-11-5-1-9(2-6-11)13(23)27)18(21,22)16(30)26-12-7-3-10(4-8-12)14(24)28/h1-8H,(H2,23,27)(H2,24,28)(H,25,29)(H,26,30). The summed E-state index contributed by atoms with van der Waals surface area (Å²) in [5, 5.41) is 3.08. The van der Waals surface area contributed by atoms with Gasteiger partial charge in [-0.3, -0.25) is 19.2 Å². The number of carbonyl (C=O) groups is 4. The molecule has 0 unspecified atom stereocenters. The maximum absolute atomic E-state index is 14.1. The Hall–Kier alpha value is -3.96. The van der Waals surface area contributed by atoms with Crippen LogP contribution in [0.5, 0.6) is 0 Å². The van der Waals surface area contributed by atoms with Crippen LogP contribution in [-0.2, 0) is 9.59 Å². The largest absolute Gasteiger partial charge is 0.396 e. The monoisotopic (exact) mass is 426 g/mol. The summed E-state index contributed by atoms with van der Waals surface area (Å²) in [6, 6.07) is 8.29. The third-order valence-electron chi connectivity index (χ3n) is 3.82. The summed E-state index contributed by atoms with van der Waals surface area (Å²) in [6.07, 6.45) is 0. The highest BCUT2D eigenvalue weighted by Crippen LogP contribution is 2.36. The third kappa shape index (κ3) is 4.54. The summed E-state index contributed by atoms with van der Waals surface area (Å²) in [4.78, 5) is 45.3. The van der Waals surface area contributed by atoms with Gasteiger partial charge in [-0.1, -0.05) is 0 Å². The Morgan fingerprint density at radius 2 is 0.867 bits per heavy atom. The van der Waals surface area contributed by atoms with Gasteiger partial charge in [0.05, 0.1) is 0 Å². The lowest BCUT2D eigenvalue weighted by atomic mass is 10.1. The molecule has 0 saturated carbocycles. The average molecular weight is 426 g/mol. The van der Waals surface area contributed by atoms with E-state index in [1.165, 1.54) is 0 Å². The number of rotatable bonds is 7. The molecule has 0 aliphatic carbocycles. The molecular formula is C18H14F4N4O4. The summed E-state index contributed by atoms with van der Waals surface area (Å²) in [6.45, 7) is 0. The molecule has 0 aliphatic heterocycles. The van der Waals surface area contributed by atoms with Gasteiger partial charge in [0.1, 0.15) is 0 Å². The van der Waals surface area contributed by atoms with Gasteiger partial charge in [-0.05, 0) is 48.5 Å². The van der Waals surface area contributed by atoms with Gasteiger partial charge in [-0.15, -0.1) is 0 Å². The molecule has 0 fully saturated rings. The van der Waals surface area contributed by atoms with Gasteiger partial charge in [0.25, 0.3) is 0 Å². The Bertz CT molecular complexity index is 911. The van der Waals surface area contributed by atoms with Crippen molar-refractivity contribution >= 4 is 35.0 Å². The number of nitrogens with two attached hydrogens (primary N) is 2. The van der Waals surface area contributed by atoms with Gasteiger partial charge in [0.2, 0.25) is 11.8 Å². The normalized spacial score (nSPS) is 11.5. The first kappa shape index (κ1) is 22.3. The number of anilines is 2. The SMILES string of the molecule is NC(=O)c1ccc(NC(=O)C(F)(F)C(F)(F)C(=O)Nc2ccc(C(N)=O)cc2)cc1. The van der Waals surface area contributed by atoms with Crippen molar-refractivity contribution in [3.05, 3.63) is 59.7 Å². The van der Waals surface area contributed by atoms with E-state index in [9.17, 15) is 36.7 Å². The number of carbonyl (C=O) groups excluding carboxylic acids is 4. The number of amides is 4. The molecular weight excluding hydrogens is 412 g/mol. The first-order valence-electron chi connectivity index (χ1n) is 8.04. The van der Waals surface area contributed by atoms with Crippen LogP contribution < -0.4 is 22.1 Å². The fraction of sp³-hybridized carbons (Fsp3) is 0.111. The highest BCUT2D eigenvalue weighted by atomic mass is 19.3. The molecule has 4 amide bonds. The fourth-order valence-electron chi connectivity index (χ4n) is 2.14. The molecule has 0 spiro atoms. The molecule has 0 bridgehead atoms.